The molecule has 0 unspecified atom stereocenters. The molecule has 146 valence electrons. The zero-order chi connectivity index (χ0) is 20.2. The fourth-order valence-electron chi connectivity index (χ4n) is 3.17. The fraction of sp³-hybridized carbons (Fsp3) is 0.0909. The van der Waals surface area contributed by atoms with Crippen LogP contribution in [0.3, 0.4) is 0 Å². The van der Waals surface area contributed by atoms with Crippen molar-refractivity contribution >= 4 is 28.1 Å². The lowest BCUT2D eigenvalue weighted by atomic mass is 10.0. The quantitative estimate of drug-likeness (QED) is 0.507. The number of nitrogens with two attached hydrogens (primary N) is 2. The van der Waals surface area contributed by atoms with Gasteiger partial charge in [-0.05, 0) is 11.6 Å². The number of nitrogen functional groups attached to an aromatic ring is 1. The minimum absolute atomic E-state index is 0.387. The highest BCUT2D eigenvalue weighted by atomic mass is 35.5. The van der Waals surface area contributed by atoms with Crippen LogP contribution >= 0.6 is 11.6 Å². The molecule has 4 aromatic rings. The second kappa shape index (κ2) is 8.24. The first-order valence-corrected chi connectivity index (χ1v) is 9.63. The SMILES string of the molecule is N/C(=C(/Cl)c1c(-c2ccccc2)nn(CCn2cccn2)c1N)c1ccccc1. The largest absolute Gasteiger partial charge is 0.397 e. The van der Waals surface area contributed by atoms with Gasteiger partial charge in [-0.25, -0.2) is 4.68 Å². The molecule has 0 atom stereocenters. The first-order chi connectivity index (χ1) is 14.1. The molecule has 0 aliphatic carbocycles. The molecule has 4 N–H and O–H groups in total. The van der Waals surface area contributed by atoms with Gasteiger partial charge >= 0.3 is 0 Å². The summed E-state index contributed by atoms with van der Waals surface area (Å²) in [7, 11) is 0. The van der Waals surface area contributed by atoms with E-state index >= 15 is 0 Å². The van der Waals surface area contributed by atoms with E-state index in [1.807, 2.05) is 77.6 Å². The standard InChI is InChI=1S/C22H21ClN6/c23-19(20(24)16-8-3-1-4-9-16)18-21(17-10-5-2-6-11-17)27-29(22(18)25)15-14-28-13-7-12-26-28/h1-13H,14-15,24-25H2/b20-19+. The Kier molecular flexibility index (Phi) is 5.35. The summed E-state index contributed by atoms with van der Waals surface area (Å²) in [5.74, 6) is 0.472. The molecule has 2 aromatic carbocycles. The number of halogens is 1. The number of aromatic nitrogens is 4. The molecular formula is C22H21ClN6. The van der Waals surface area contributed by atoms with Crippen molar-refractivity contribution in [2.24, 2.45) is 5.73 Å². The second-order valence-corrected chi connectivity index (χ2v) is 6.94. The molecule has 7 heteroatoms. The topological polar surface area (TPSA) is 87.7 Å². The van der Waals surface area contributed by atoms with Crippen molar-refractivity contribution in [3.63, 3.8) is 0 Å². The van der Waals surface area contributed by atoms with Crippen LogP contribution in [0.4, 0.5) is 5.82 Å². The van der Waals surface area contributed by atoms with Crippen molar-refractivity contribution in [2.45, 2.75) is 13.1 Å². The van der Waals surface area contributed by atoms with Gasteiger partial charge in [-0.2, -0.15) is 10.2 Å². The molecule has 0 radical (unpaired) electrons. The molecule has 0 saturated heterocycles. The highest BCUT2D eigenvalue weighted by Gasteiger charge is 2.22. The Bertz CT molecular complexity index is 1120. The summed E-state index contributed by atoms with van der Waals surface area (Å²) in [5, 5.41) is 9.37. The molecule has 29 heavy (non-hydrogen) atoms. The van der Waals surface area contributed by atoms with Gasteiger partial charge in [0.05, 0.1) is 29.4 Å². The van der Waals surface area contributed by atoms with Gasteiger partial charge in [0.15, 0.2) is 0 Å². The van der Waals surface area contributed by atoms with Gasteiger partial charge in [-0.15, -0.1) is 0 Å². The molecule has 0 amide bonds. The van der Waals surface area contributed by atoms with Crippen molar-refractivity contribution in [2.75, 3.05) is 5.73 Å². The van der Waals surface area contributed by atoms with Gasteiger partial charge in [0.2, 0.25) is 0 Å². The van der Waals surface area contributed by atoms with E-state index < -0.39 is 0 Å². The lowest BCUT2D eigenvalue weighted by Gasteiger charge is -2.09. The van der Waals surface area contributed by atoms with Crippen molar-refractivity contribution in [3.05, 3.63) is 90.3 Å². The number of benzene rings is 2. The Balaban J connectivity index is 1.80. The highest BCUT2D eigenvalue weighted by molar-refractivity contribution is 6.53. The Morgan fingerprint density at radius 2 is 1.62 bits per heavy atom. The van der Waals surface area contributed by atoms with E-state index in [0.29, 0.717) is 40.9 Å². The minimum atomic E-state index is 0.387. The van der Waals surface area contributed by atoms with Crippen LogP contribution < -0.4 is 11.5 Å². The molecule has 2 aromatic heterocycles. The fourth-order valence-corrected chi connectivity index (χ4v) is 3.46. The molecule has 0 bridgehead atoms. The minimum Gasteiger partial charge on any atom is -0.397 e. The molecule has 0 saturated carbocycles. The summed E-state index contributed by atoms with van der Waals surface area (Å²) in [6, 6.07) is 21.3. The Labute approximate surface area is 174 Å². The molecule has 0 aliphatic heterocycles. The molecule has 2 heterocycles. The lowest BCUT2D eigenvalue weighted by molar-refractivity contribution is 0.505. The molecule has 4 rings (SSSR count). The van der Waals surface area contributed by atoms with Gasteiger partial charge in [0.25, 0.3) is 0 Å². The number of hydrogen-bond acceptors (Lipinski definition) is 4. The Hall–Kier alpha value is -3.51. The zero-order valence-corrected chi connectivity index (χ0v) is 16.5. The Morgan fingerprint density at radius 3 is 2.28 bits per heavy atom. The number of anilines is 1. The monoisotopic (exact) mass is 404 g/mol. The Morgan fingerprint density at radius 1 is 0.931 bits per heavy atom. The van der Waals surface area contributed by atoms with Crippen LogP contribution in [0.1, 0.15) is 11.1 Å². The summed E-state index contributed by atoms with van der Waals surface area (Å²) < 4.78 is 3.58. The van der Waals surface area contributed by atoms with Crippen molar-refractivity contribution < 1.29 is 0 Å². The van der Waals surface area contributed by atoms with E-state index in [2.05, 4.69) is 5.10 Å². The van der Waals surface area contributed by atoms with Crippen LogP contribution in [0.2, 0.25) is 0 Å². The lowest BCUT2D eigenvalue weighted by Crippen LogP contribution is -2.11. The smallest absolute Gasteiger partial charge is 0.131 e. The molecular weight excluding hydrogens is 384 g/mol. The average Bonchev–Trinajstić information content (AvgIpc) is 3.40. The molecule has 6 nitrogen and oxygen atoms in total. The normalized spacial score (nSPS) is 12.0. The van der Waals surface area contributed by atoms with Crippen LogP contribution in [0.5, 0.6) is 0 Å². The van der Waals surface area contributed by atoms with Crippen molar-refractivity contribution in [1.29, 1.82) is 0 Å². The summed E-state index contributed by atoms with van der Waals surface area (Å²) in [4.78, 5) is 0. The van der Waals surface area contributed by atoms with Crippen molar-refractivity contribution in [3.8, 4) is 11.3 Å². The van der Waals surface area contributed by atoms with Crippen LogP contribution in [0, 0.1) is 0 Å². The van der Waals surface area contributed by atoms with Gasteiger partial charge in [0.1, 0.15) is 11.5 Å². The average molecular weight is 405 g/mol. The summed E-state index contributed by atoms with van der Waals surface area (Å²) in [5.41, 5.74) is 16.4. The van der Waals surface area contributed by atoms with Crippen LogP contribution in [-0.2, 0) is 13.1 Å². The third kappa shape index (κ3) is 3.88. The van der Waals surface area contributed by atoms with Crippen LogP contribution in [0.15, 0.2) is 79.1 Å². The zero-order valence-electron chi connectivity index (χ0n) is 15.7. The van der Waals surface area contributed by atoms with E-state index in [1.54, 1.807) is 10.9 Å². The maximum absolute atomic E-state index is 6.77. The predicted molar refractivity (Wildman–Crippen MR) is 118 cm³/mol. The summed E-state index contributed by atoms with van der Waals surface area (Å²) in [6.07, 6.45) is 3.65. The molecule has 0 fully saturated rings. The van der Waals surface area contributed by atoms with Gasteiger partial charge < -0.3 is 11.5 Å². The first kappa shape index (κ1) is 18.8. The van der Waals surface area contributed by atoms with Gasteiger partial charge in [-0.3, -0.25) is 4.68 Å². The van der Waals surface area contributed by atoms with E-state index in [-0.39, 0.29) is 0 Å². The van der Waals surface area contributed by atoms with Crippen LogP contribution in [0.25, 0.3) is 22.0 Å². The first-order valence-electron chi connectivity index (χ1n) is 9.25. The third-order valence-corrected chi connectivity index (χ3v) is 5.07. The van der Waals surface area contributed by atoms with E-state index in [1.165, 1.54) is 0 Å². The number of nitrogens with zero attached hydrogens (tertiary/aromatic N) is 4. The van der Waals surface area contributed by atoms with E-state index in [9.17, 15) is 0 Å². The van der Waals surface area contributed by atoms with E-state index in [0.717, 1.165) is 11.1 Å². The van der Waals surface area contributed by atoms with Gasteiger partial charge in [-0.1, -0.05) is 72.3 Å². The number of rotatable bonds is 6. The maximum Gasteiger partial charge on any atom is 0.131 e. The highest BCUT2D eigenvalue weighted by Crippen LogP contribution is 2.37. The summed E-state index contributed by atoms with van der Waals surface area (Å²) >= 11 is 6.77. The molecule has 0 aliphatic rings. The second-order valence-electron chi connectivity index (χ2n) is 6.56. The number of hydrogen-bond donors (Lipinski definition) is 2. The third-order valence-electron chi connectivity index (χ3n) is 4.68. The van der Waals surface area contributed by atoms with E-state index in [4.69, 9.17) is 28.2 Å². The summed E-state index contributed by atoms with van der Waals surface area (Å²) in [6.45, 7) is 1.20. The molecule has 0 spiro atoms. The van der Waals surface area contributed by atoms with Crippen molar-refractivity contribution in [1.82, 2.24) is 19.6 Å². The maximum atomic E-state index is 6.77. The van der Waals surface area contributed by atoms with Gasteiger partial charge in [0, 0.05) is 18.0 Å². The number of aryl methyl sites for hydroxylation is 2. The predicted octanol–water partition coefficient (Wildman–Crippen LogP) is 4.05. The van der Waals surface area contributed by atoms with Crippen LogP contribution in [-0.4, -0.2) is 19.6 Å².